The van der Waals surface area contributed by atoms with E-state index >= 15 is 0 Å². The molecule has 8 nitrogen and oxygen atoms in total. The van der Waals surface area contributed by atoms with E-state index in [1.807, 2.05) is 0 Å². The normalized spacial score (nSPS) is 16.4. The van der Waals surface area contributed by atoms with E-state index < -0.39 is 16.1 Å². The monoisotopic (exact) mass is 386 g/mol. The number of amides is 1. The summed E-state index contributed by atoms with van der Waals surface area (Å²) in [4.78, 5) is 14.4. The lowest BCUT2D eigenvalue weighted by atomic mass is 10.0. The molecule has 0 radical (unpaired) electrons. The van der Waals surface area contributed by atoms with Crippen LogP contribution in [0.5, 0.6) is 11.5 Å². The summed E-state index contributed by atoms with van der Waals surface area (Å²) in [7, 11) is -1.01. The van der Waals surface area contributed by atoms with Crippen molar-refractivity contribution in [2.75, 3.05) is 40.5 Å². The topological polar surface area (TPSA) is 94.2 Å². The Morgan fingerprint density at radius 1 is 1.15 bits per heavy atom. The number of nitrogens with one attached hydrogen (secondary N) is 1. The second kappa shape index (κ2) is 8.70. The quantitative estimate of drug-likeness (QED) is 0.747. The van der Waals surface area contributed by atoms with Gasteiger partial charge in [-0.2, -0.15) is 4.72 Å². The van der Waals surface area contributed by atoms with Gasteiger partial charge in [0, 0.05) is 19.2 Å². The molecule has 9 heteroatoms. The predicted molar refractivity (Wildman–Crippen MR) is 95.9 cm³/mol. The van der Waals surface area contributed by atoms with Gasteiger partial charge in [-0.15, -0.1) is 0 Å². The molecule has 1 aromatic carbocycles. The van der Waals surface area contributed by atoms with Crippen LogP contribution in [0.1, 0.15) is 13.8 Å². The second-order valence-electron chi connectivity index (χ2n) is 6.30. The average molecular weight is 386 g/mol. The molecule has 26 heavy (non-hydrogen) atoms. The van der Waals surface area contributed by atoms with Crippen molar-refractivity contribution in [2.45, 2.75) is 24.8 Å². The van der Waals surface area contributed by atoms with Crippen molar-refractivity contribution in [1.29, 1.82) is 0 Å². The first-order valence-electron chi connectivity index (χ1n) is 8.41. The van der Waals surface area contributed by atoms with E-state index in [2.05, 4.69) is 4.72 Å². The highest BCUT2D eigenvalue weighted by molar-refractivity contribution is 7.89. The van der Waals surface area contributed by atoms with E-state index in [4.69, 9.17) is 14.2 Å². The summed E-state index contributed by atoms with van der Waals surface area (Å²) in [5, 5.41) is 0. The summed E-state index contributed by atoms with van der Waals surface area (Å²) < 4.78 is 43.7. The van der Waals surface area contributed by atoms with Crippen molar-refractivity contribution in [3.05, 3.63) is 18.2 Å². The molecule has 1 aliphatic heterocycles. The third kappa shape index (κ3) is 4.66. The molecule has 1 N–H and O–H groups in total. The highest BCUT2D eigenvalue weighted by atomic mass is 32.2. The van der Waals surface area contributed by atoms with Gasteiger partial charge in [0.1, 0.15) is 6.04 Å². The van der Waals surface area contributed by atoms with Gasteiger partial charge in [0.25, 0.3) is 0 Å². The van der Waals surface area contributed by atoms with Gasteiger partial charge in [0.15, 0.2) is 11.5 Å². The fraction of sp³-hybridized carbons (Fsp3) is 0.588. The van der Waals surface area contributed by atoms with Gasteiger partial charge in [0.05, 0.1) is 32.3 Å². The molecule has 2 rings (SSSR count). The smallest absolute Gasteiger partial charge is 0.241 e. The predicted octanol–water partition coefficient (Wildman–Crippen LogP) is 0.866. The zero-order valence-corrected chi connectivity index (χ0v) is 16.3. The number of sulfonamides is 1. The highest BCUT2D eigenvalue weighted by Gasteiger charge is 2.32. The zero-order chi connectivity index (χ0) is 19.3. The molecular weight excluding hydrogens is 360 g/mol. The van der Waals surface area contributed by atoms with Crippen molar-refractivity contribution in [1.82, 2.24) is 9.62 Å². The second-order valence-corrected chi connectivity index (χ2v) is 8.01. The molecule has 1 amide bonds. The lowest BCUT2D eigenvalue weighted by molar-refractivity contribution is -0.138. The molecular formula is C17H26N2O6S. The molecule has 0 spiro atoms. The summed E-state index contributed by atoms with van der Waals surface area (Å²) in [5.74, 6) is 0.278. The Kier molecular flexibility index (Phi) is 6.85. The van der Waals surface area contributed by atoms with Crippen molar-refractivity contribution in [3.63, 3.8) is 0 Å². The standard InChI is InChI=1S/C17H26N2O6S/c1-12(2)16(17(20)19-7-9-25-10-8-19)18-26(21,22)13-5-6-14(23-3)15(11-13)24-4/h5-6,11-12,16,18H,7-10H2,1-4H3/t16-/m1/s1. The van der Waals surface area contributed by atoms with Crippen LogP contribution in [0.2, 0.25) is 0 Å². The van der Waals surface area contributed by atoms with Crippen LogP contribution in [0.15, 0.2) is 23.1 Å². The molecule has 146 valence electrons. The number of hydrogen-bond donors (Lipinski definition) is 1. The molecule has 1 saturated heterocycles. The van der Waals surface area contributed by atoms with E-state index in [1.54, 1.807) is 18.7 Å². The van der Waals surface area contributed by atoms with Gasteiger partial charge < -0.3 is 19.1 Å². The number of carbonyl (C=O) groups excluding carboxylic acids is 1. The summed E-state index contributed by atoms with van der Waals surface area (Å²) >= 11 is 0. The number of morpholine rings is 1. The number of carbonyl (C=O) groups is 1. The largest absolute Gasteiger partial charge is 0.493 e. The maximum Gasteiger partial charge on any atom is 0.241 e. The van der Waals surface area contributed by atoms with Gasteiger partial charge >= 0.3 is 0 Å². The third-order valence-electron chi connectivity index (χ3n) is 4.20. The molecule has 1 atom stereocenters. The fourth-order valence-corrected chi connectivity index (χ4v) is 4.02. The summed E-state index contributed by atoms with van der Waals surface area (Å²) in [5.41, 5.74) is 0. The van der Waals surface area contributed by atoms with E-state index in [1.165, 1.54) is 32.4 Å². The summed E-state index contributed by atoms with van der Waals surface area (Å²) in [6.07, 6.45) is 0. The Morgan fingerprint density at radius 3 is 2.31 bits per heavy atom. The van der Waals surface area contributed by atoms with Gasteiger partial charge in [-0.1, -0.05) is 13.8 Å². The molecule has 0 saturated carbocycles. The van der Waals surface area contributed by atoms with Gasteiger partial charge in [-0.3, -0.25) is 4.79 Å². The number of methoxy groups -OCH3 is 2. The number of hydrogen-bond acceptors (Lipinski definition) is 6. The Morgan fingerprint density at radius 2 is 1.77 bits per heavy atom. The zero-order valence-electron chi connectivity index (χ0n) is 15.5. The lowest BCUT2D eigenvalue weighted by Crippen LogP contribution is -2.53. The fourth-order valence-electron chi connectivity index (χ4n) is 2.67. The van der Waals surface area contributed by atoms with Crippen molar-refractivity contribution >= 4 is 15.9 Å². The van der Waals surface area contributed by atoms with Crippen molar-refractivity contribution < 1.29 is 27.4 Å². The van der Waals surface area contributed by atoms with E-state index in [-0.39, 0.29) is 16.7 Å². The van der Waals surface area contributed by atoms with Gasteiger partial charge in [-0.25, -0.2) is 8.42 Å². The number of rotatable bonds is 7. The van der Waals surface area contributed by atoms with Gasteiger partial charge in [-0.05, 0) is 18.1 Å². The molecule has 1 aliphatic rings. The van der Waals surface area contributed by atoms with Gasteiger partial charge in [0.2, 0.25) is 15.9 Å². The molecule has 0 aliphatic carbocycles. The minimum Gasteiger partial charge on any atom is -0.493 e. The molecule has 1 heterocycles. The average Bonchev–Trinajstić information content (AvgIpc) is 2.65. The molecule has 1 fully saturated rings. The number of ether oxygens (including phenoxy) is 3. The Labute approximate surface area is 154 Å². The van der Waals surface area contributed by atoms with Crippen LogP contribution in [0.4, 0.5) is 0 Å². The Hall–Kier alpha value is -1.84. The van der Waals surface area contributed by atoms with E-state index in [0.717, 1.165) is 0 Å². The van der Waals surface area contributed by atoms with Crippen LogP contribution in [0, 0.1) is 5.92 Å². The molecule has 0 unspecified atom stereocenters. The SMILES string of the molecule is COc1ccc(S(=O)(=O)N[C@@H](C(=O)N2CCOCC2)C(C)C)cc1OC. The van der Waals surface area contributed by atoms with Crippen molar-refractivity contribution in [2.24, 2.45) is 5.92 Å². The van der Waals surface area contributed by atoms with Crippen LogP contribution in [0.3, 0.4) is 0 Å². The number of benzene rings is 1. The van der Waals surface area contributed by atoms with Crippen LogP contribution in [-0.2, 0) is 19.6 Å². The molecule has 1 aromatic rings. The molecule has 0 bridgehead atoms. The maximum absolute atomic E-state index is 12.8. The summed E-state index contributed by atoms with van der Waals surface area (Å²) in [6.45, 7) is 5.44. The first-order valence-corrected chi connectivity index (χ1v) is 9.89. The van der Waals surface area contributed by atoms with Crippen LogP contribution in [-0.4, -0.2) is 65.8 Å². The first kappa shape index (κ1) is 20.5. The maximum atomic E-state index is 12.8. The van der Waals surface area contributed by atoms with E-state index in [0.29, 0.717) is 37.8 Å². The first-order chi connectivity index (χ1) is 12.3. The highest BCUT2D eigenvalue weighted by Crippen LogP contribution is 2.29. The third-order valence-corrected chi connectivity index (χ3v) is 5.64. The van der Waals surface area contributed by atoms with Crippen molar-refractivity contribution in [3.8, 4) is 11.5 Å². The van der Waals surface area contributed by atoms with Crippen LogP contribution in [0.25, 0.3) is 0 Å². The minimum atomic E-state index is -3.91. The lowest BCUT2D eigenvalue weighted by Gasteiger charge is -2.32. The summed E-state index contributed by atoms with van der Waals surface area (Å²) in [6, 6.07) is 3.45. The van der Waals surface area contributed by atoms with E-state index in [9.17, 15) is 13.2 Å². The van der Waals surface area contributed by atoms with Crippen LogP contribution >= 0.6 is 0 Å². The van der Waals surface area contributed by atoms with Crippen LogP contribution < -0.4 is 14.2 Å². The Balaban J connectivity index is 2.25. The number of nitrogens with zero attached hydrogens (tertiary/aromatic N) is 1. The molecule has 0 aromatic heterocycles. The Bertz CT molecular complexity index is 729. The minimum absolute atomic E-state index is 0.00979.